The first-order valence-electron chi connectivity index (χ1n) is 12.1. The number of hydroxylamine groups is 1. The Morgan fingerprint density at radius 3 is 2.14 bits per heavy atom. The van der Waals surface area contributed by atoms with E-state index in [4.69, 9.17) is 0 Å². The number of hydrogen-bond acceptors (Lipinski definition) is 7. The topological polar surface area (TPSA) is 154 Å². The van der Waals surface area contributed by atoms with Crippen LogP contribution < -0.4 is 5.43 Å². The van der Waals surface area contributed by atoms with Crippen molar-refractivity contribution in [2.24, 2.45) is 11.8 Å². The molecule has 0 spiro atoms. The number of carbonyl (C=O) groups excluding carboxylic acids is 4. The van der Waals surface area contributed by atoms with E-state index in [2.05, 4.69) is 4.74 Å². The summed E-state index contributed by atoms with van der Waals surface area (Å²) in [5.41, 5.74) is 2.35. The van der Waals surface area contributed by atoms with Crippen molar-refractivity contribution >= 4 is 29.7 Å². The fourth-order valence-electron chi connectivity index (χ4n) is 4.40. The van der Waals surface area contributed by atoms with Gasteiger partial charge in [-0.05, 0) is 49.4 Å². The first-order valence-corrected chi connectivity index (χ1v) is 12.1. The Labute approximate surface area is 210 Å². The van der Waals surface area contributed by atoms with Crippen LogP contribution in [0.15, 0.2) is 24.3 Å². The Hall–Kier alpha value is -3.47. The normalized spacial score (nSPS) is 14.6. The van der Waals surface area contributed by atoms with Crippen molar-refractivity contribution in [2.45, 2.75) is 64.8 Å². The molecule has 1 saturated carbocycles. The molecular formula is C25H35N3O8. The lowest BCUT2D eigenvalue weighted by Gasteiger charge is -2.36. The van der Waals surface area contributed by atoms with Crippen LogP contribution in [0.25, 0.3) is 0 Å². The molecule has 0 saturated heterocycles. The predicted octanol–water partition coefficient (Wildman–Crippen LogP) is 2.63. The second-order valence-electron chi connectivity index (χ2n) is 9.40. The predicted molar refractivity (Wildman–Crippen MR) is 128 cm³/mol. The van der Waals surface area contributed by atoms with Gasteiger partial charge in [0.2, 0.25) is 5.91 Å². The van der Waals surface area contributed by atoms with E-state index in [1.807, 2.05) is 19.3 Å². The van der Waals surface area contributed by atoms with Crippen LogP contribution in [-0.2, 0) is 19.1 Å². The first kappa shape index (κ1) is 28.8. The van der Waals surface area contributed by atoms with Gasteiger partial charge in [-0.25, -0.2) is 10.2 Å². The number of ether oxygens (including phenoxy) is 1. The van der Waals surface area contributed by atoms with Crippen molar-refractivity contribution in [3.63, 3.8) is 0 Å². The smallest absolute Gasteiger partial charge is 0.337 e. The molecule has 1 aliphatic carbocycles. The maximum atomic E-state index is 13.4. The molecule has 0 aromatic heterocycles. The standard InChI is InChI=1S/C25H35N3O8/c1-16(2)13-19(24(33)27(15-22(30)31)20-7-5-4-6-8-20)14-21(29)28(35)26-23(32)17-9-11-18(12-10-17)25(34)36-3/h9-12,16,19-20,35H,4-8,13-15H2,1-3H3,(H,26,32)(H,30,31). The van der Waals surface area contributed by atoms with E-state index >= 15 is 0 Å². The summed E-state index contributed by atoms with van der Waals surface area (Å²) in [6.07, 6.45) is 4.15. The Bertz CT molecular complexity index is 941. The number of carbonyl (C=O) groups is 5. The lowest BCUT2D eigenvalue weighted by Crippen LogP contribution is -2.49. The van der Waals surface area contributed by atoms with Crippen LogP contribution in [0.1, 0.15) is 79.5 Å². The minimum Gasteiger partial charge on any atom is -0.480 e. The number of rotatable bonds is 10. The van der Waals surface area contributed by atoms with Gasteiger partial charge in [-0.2, -0.15) is 0 Å². The number of nitrogens with zero attached hydrogens (tertiary/aromatic N) is 2. The van der Waals surface area contributed by atoms with Crippen LogP contribution in [0.2, 0.25) is 0 Å². The number of amides is 3. The van der Waals surface area contributed by atoms with Crippen molar-refractivity contribution in [1.29, 1.82) is 0 Å². The number of benzene rings is 1. The number of carboxylic acids is 1. The molecular weight excluding hydrogens is 470 g/mol. The van der Waals surface area contributed by atoms with Gasteiger partial charge in [-0.3, -0.25) is 24.4 Å². The molecule has 1 atom stereocenters. The Balaban J connectivity index is 2.09. The summed E-state index contributed by atoms with van der Waals surface area (Å²) in [7, 11) is 1.23. The van der Waals surface area contributed by atoms with E-state index in [1.165, 1.54) is 36.3 Å². The molecule has 11 nitrogen and oxygen atoms in total. The highest BCUT2D eigenvalue weighted by Gasteiger charge is 2.34. The number of esters is 1. The zero-order valence-corrected chi connectivity index (χ0v) is 20.9. The number of carboxylic acid groups (broad SMARTS) is 1. The van der Waals surface area contributed by atoms with Gasteiger partial charge in [0.25, 0.3) is 11.8 Å². The van der Waals surface area contributed by atoms with E-state index in [0.717, 1.165) is 19.3 Å². The number of hydrogen-bond donors (Lipinski definition) is 3. The maximum absolute atomic E-state index is 13.4. The van der Waals surface area contributed by atoms with Gasteiger partial charge >= 0.3 is 11.9 Å². The van der Waals surface area contributed by atoms with Gasteiger partial charge < -0.3 is 14.7 Å². The molecule has 2 rings (SSSR count). The monoisotopic (exact) mass is 505 g/mol. The Kier molecular flexibility index (Phi) is 10.8. The summed E-state index contributed by atoms with van der Waals surface area (Å²) in [5.74, 6) is -4.69. The van der Waals surface area contributed by atoms with Crippen LogP contribution in [-0.4, -0.2) is 69.7 Å². The Morgan fingerprint density at radius 1 is 1.03 bits per heavy atom. The molecule has 0 radical (unpaired) electrons. The van der Waals surface area contributed by atoms with Crippen molar-refractivity contribution < 1.29 is 39.0 Å². The van der Waals surface area contributed by atoms with E-state index < -0.39 is 48.5 Å². The molecule has 0 bridgehead atoms. The molecule has 1 aliphatic rings. The molecule has 198 valence electrons. The van der Waals surface area contributed by atoms with Gasteiger partial charge in [0.15, 0.2) is 0 Å². The molecule has 1 unspecified atom stereocenters. The van der Waals surface area contributed by atoms with Crippen molar-refractivity contribution in [3.05, 3.63) is 35.4 Å². The molecule has 0 heterocycles. The molecule has 11 heteroatoms. The number of aliphatic carboxylic acids is 1. The molecule has 3 amide bonds. The van der Waals surface area contributed by atoms with Gasteiger partial charge in [0, 0.05) is 23.9 Å². The van der Waals surface area contributed by atoms with Crippen LogP contribution in [0.3, 0.4) is 0 Å². The largest absolute Gasteiger partial charge is 0.480 e. The minimum absolute atomic E-state index is 0.0276. The van der Waals surface area contributed by atoms with Crippen LogP contribution >= 0.6 is 0 Å². The van der Waals surface area contributed by atoms with Crippen LogP contribution in [0.5, 0.6) is 0 Å². The lowest BCUT2D eigenvalue weighted by atomic mass is 9.89. The first-order chi connectivity index (χ1) is 17.0. The molecule has 1 fully saturated rings. The van der Waals surface area contributed by atoms with Crippen molar-refractivity contribution in [1.82, 2.24) is 15.5 Å². The number of hydrazine groups is 1. The highest BCUT2D eigenvalue weighted by molar-refractivity contribution is 5.97. The highest BCUT2D eigenvalue weighted by atomic mass is 16.6. The molecule has 1 aromatic carbocycles. The third-order valence-corrected chi connectivity index (χ3v) is 6.14. The molecule has 3 N–H and O–H groups in total. The number of methoxy groups -OCH3 is 1. The maximum Gasteiger partial charge on any atom is 0.337 e. The summed E-state index contributed by atoms with van der Waals surface area (Å²) in [4.78, 5) is 62.9. The minimum atomic E-state index is -1.13. The zero-order valence-electron chi connectivity index (χ0n) is 20.9. The van der Waals surface area contributed by atoms with Crippen molar-refractivity contribution in [3.8, 4) is 0 Å². The Morgan fingerprint density at radius 2 is 1.61 bits per heavy atom. The fourth-order valence-corrected chi connectivity index (χ4v) is 4.40. The van der Waals surface area contributed by atoms with Gasteiger partial charge in [-0.15, -0.1) is 5.17 Å². The quantitative estimate of drug-likeness (QED) is 0.249. The average molecular weight is 506 g/mol. The van der Waals surface area contributed by atoms with Crippen LogP contribution in [0, 0.1) is 11.8 Å². The van der Waals surface area contributed by atoms with Gasteiger partial charge in [0.05, 0.1) is 12.7 Å². The second kappa shape index (κ2) is 13.6. The summed E-state index contributed by atoms with van der Waals surface area (Å²) in [6.45, 7) is 3.31. The summed E-state index contributed by atoms with van der Waals surface area (Å²) >= 11 is 0. The molecule has 36 heavy (non-hydrogen) atoms. The summed E-state index contributed by atoms with van der Waals surface area (Å²) in [5, 5.41) is 19.6. The van der Waals surface area contributed by atoms with Crippen molar-refractivity contribution in [2.75, 3.05) is 13.7 Å². The molecule has 1 aromatic rings. The highest BCUT2D eigenvalue weighted by Crippen LogP contribution is 2.27. The van der Waals surface area contributed by atoms with Gasteiger partial charge in [-0.1, -0.05) is 33.1 Å². The molecule has 0 aliphatic heterocycles. The second-order valence-corrected chi connectivity index (χ2v) is 9.40. The van der Waals surface area contributed by atoms with E-state index in [1.54, 1.807) is 0 Å². The summed E-state index contributed by atoms with van der Waals surface area (Å²) in [6, 6.07) is 5.19. The SMILES string of the molecule is COC(=O)c1ccc(C(=O)NN(O)C(=O)CC(CC(C)C)C(=O)N(CC(=O)O)C2CCCCC2)cc1. The number of nitrogens with one attached hydrogen (secondary N) is 1. The lowest BCUT2D eigenvalue weighted by molar-refractivity contribution is -0.178. The average Bonchev–Trinajstić information content (AvgIpc) is 2.86. The summed E-state index contributed by atoms with van der Waals surface area (Å²) < 4.78 is 4.60. The van der Waals surface area contributed by atoms with Crippen LogP contribution in [0.4, 0.5) is 0 Å². The zero-order chi connectivity index (χ0) is 26.8. The van der Waals surface area contributed by atoms with Gasteiger partial charge in [0.1, 0.15) is 6.54 Å². The third kappa shape index (κ3) is 8.33. The third-order valence-electron chi connectivity index (χ3n) is 6.14. The van der Waals surface area contributed by atoms with E-state index in [-0.39, 0.29) is 28.3 Å². The van der Waals surface area contributed by atoms with E-state index in [9.17, 15) is 34.3 Å². The van der Waals surface area contributed by atoms with E-state index in [0.29, 0.717) is 19.3 Å². The fraction of sp³-hybridized carbons (Fsp3) is 0.560.